The number of guanidine groups is 1. The zero-order valence-electron chi connectivity index (χ0n) is 36.9. The number of halogens is 1. The standard InChI is InChI=1S/C45H60ClN11O8/c1-4-5-13-33(53-27(3)58)41(62)52-26(2)40(61)50-20-9-8-15-37-43(64)55-35-24-31(46)18-19-32(35)44(65)57(37)25-38(59)54-34(14-10-21-51-45(48)49)42(63)56-36(39(47)60)23-28-16-17-29-11-6-7-12-30(29)22-28/h6-7,11-12,16-19,22,24,26,33-34,36-37H,4-5,8-10,13-15,20-21,23,25H2,1-3H3,(H2,47,60)(H,50,61)(H,52,62)(H,53,58)(H,54,59)(H,55,64)(H,56,63)(H4,48,49,51)/t26-,33-,34-,36-,37?/m0/s1. The van der Waals surface area contributed by atoms with Gasteiger partial charge in [-0.15, -0.1) is 0 Å². The highest BCUT2D eigenvalue weighted by atomic mass is 35.5. The topological polar surface area (TPSA) is 302 Å². The van der Waals surface area contributed by atoms with Gasteiger partial charge in [0.1, 0.15) is 36.8 Å². The fourth-order valence-corrected chi connectivity index (χ4v) is 7.49. The second kappa shape index (κ2) is 24.9. The Morgan fingerprint density at radius 3 is 2.18 bits per heavy atom. The van der Waals surface area contributed by atoms with Gasteiger partial charge in [-0.1, -0.05) is 73.8 Å². The number of benzene rings is 3. The van der Waals surface area contributed by atoms with Crippen LogP contribution in [0.25, 0.3) is 10.8 Å². The summed E-state index contributed by atoms with van der Waals surface area (Å²) in [6, 6.07) is 12.4. The highest BCUT2D eigenvalue weighted by Gasteiger charge is 2.37. The molecule has 0 aliphatic carbocycles. The van der Waals surface area contributed by atoms with Gasteiger partial charge in [-0.25, -0.2) is 0 Å². The fraction of sp³-hybridized carbons (Fsp3) is 0.444. The maximum atomic E-state index is 14.1. The lowest BCUT2D eigenvalue weighted by Crippen LogP contribution is -2.56. The van der Waals surface area contributed by atoms with Crippen LogP contribution >= 0.6 is 11.6 Å². The van der Waals surface area contributed by atoms with Crippen molar-refractivity contribution < 1.29 is 38.4 Å². The van der Waals surface area contributed by atoms with Crippen molar-refractivity contribution in [3.05, 3.63) is 76.8 Å². The Morgan fingerprint density at radius 2 is 1.49 bits per heavy atom. The van der Waals surface area contributed by atoms with Crippen molar-refractivity contribution in [3.8, 4) is 0 Å². The van der Waals surface area contributed by atoms with E-state index >= 15 is 0 Å². The first-order valence-corrected chi connectivity index (χ1v) is 22.0. The second-order valence-electron chi connectivity index (χ2n) is 16.0. The Bertz CT molecular complexity index is 2250. The molecule has 0 saturated heterocycles. The summed E-state index contributed by atoms with van der Waals surface area (Å²) in [5, 5.41) is 18.3. The molecule has 20 heteroatoms. The van der Waals surface area contributed by atoms with Gasteiger partial charge in [0, 0.05) is 31.5 Å². The normalized spacial score (nSPS) is 15.2. The number of hydrogen-bond donors (Lipinski definition) is 9. The van der Waals surface area contributed by atoms with Gasteiger partial charge in [0.05, 0.1) is 11.3 Å². The van der Waals surface area contributed by atoms with Gasteiger partial charge in [0.15, 0.2) is 5.96 Å². The number of carbonyl (C=O) groups is 8. The molecule has 65 heavy (non-hydrogen) atoms. The van der Waals surface area contributed by atoms with Crippen molar-refractivity contribution in [1.82, 2.24) is 31.5 Å². The molecule has 12 N–H and O–H groups in total. The number of anilines is 1. The monoisotopic (exact) mass is 917 g/mol. The summed E-state index contributed by atoms with van der Waals surface area (Å²) >= 11 is 6.21. The van der Waals surface area contributed by atoms with Gasteiger partial charge in [0.2, 0.25) is 41.4 Å². The lowest BCUT2D eigenvalue weighted by Gasteiger charge is -2.29. The molecule has 1 aliphatic heterocycles. The van der Waals surface area contributed by atoms with Crippen molar-refractivity contribution >= 4 is 81.3 Å². The minimum absolute atomic E-state index is 0.0256. The van der Waals surface area contributed by atoms with E-state index in [9.17, 15) is 38.4 Å². The van der Waals surface area contributed by atoms with E-state index in [1.54, 1.807) is 0 Å². The molecule has 0 bridgehead atoms. The fourth-order valence-electron chi connectivity index (χ4n) is 7.32. The van der Waals surface area contributed by atoms with Crippen molar-refractivity contribution in [1.29, 1.82) is 0 Å². The molecule has 350 valence electrons. The average Bonchev–Trinajstić information content (AvgIpc) is 3.34. The molecule has 4 rings (SSSR count). The number of primary amides is 1. The summed E-state index contributed by atoms with van der Waals surface area (Å²) in [6.07, 6.45) is 3.02. The van der Waals surface area contributed by atoms with Gasteiger partial charge in [-0.3, -0.25) is 43.3 Å². The number of carbonyl (C=O) groups excluding carboxylic acids is 8. The van der Waals surface area contributed by atoms with Gasteiger partial charge >= 0.3 is 0 Å². The molecule has 1 unspecified atom stereocenters. The van der Waals surface area contributed by atoms with Crippen molar-refractivity contribution in [2.45, 2.75) is 109 Å². The molecule has 1 heterocycles. The van der Waals surface area contributed by atoms with Crippen molar-refractivity contribution in [2.24, 2.45) is 22.2 Å². The van der Waals surface area contributed by atoms with Crippen LogP contribution in [0.4, 0.5) is 5.69 Å². The van der Waals surface area contributed by atoms with Gasteiger partial charge < -0.3 is 54.0 Å². The van der Waals surface area contributed by atoms with E-state index in [2.05, 4.69) is 36.9 Å². The lowest BCUT2D eigenvalue weighted by molar-refractivity contribution is -0.132. The first-order valence-electron chi connectivity index (χ1n) is 21.7. The van der Waals surface area contributed by atoms with Crippen LogP contribution in [0, 0.1) is 0 Å². The zero-order chi connectivity index (χ0) is 47.6. The Balaban J connectivity index is 1.45. The highest BCUT2D eigenvalue weighted by molar-refractivity contribution is 6.31. The number of nitrogens with one attached hydrogen (secondary N) is 6. The van der Waals surface area contributed by atoms with Gasteiger partial charge in [-0.2, -0.15) is 0 Å². The van der Waals surface area contributed by atoms with Crippen LogP contribution in [-0.4, -0.2) is 108 Å². The summed E-state index contributed by atoms with van der Waals surface area (Å²) in [5.41, 5.74) is 17.7. The third kappa shape index (κ3) is 15.8. The number of aliphatic imine (C=N–C) groups is 1. The van der Waals surface area contributed by atoms with Crippen LogP contribution in [0.5, 0.6) is 0 Å². The molecule has 0 spiro atoms. The number of nitrogens with two attached hydrogens (primary N) is 3. The van der Waals surface area contributed by atoms with E-state index in [1.807, 2.05) is 49.4 Å². The summed E-state index contributed by atoms with van der Waals surface area (Å²) in [4.78, 5) is 111. The molecule has 1 aliphatic rings. The molecular weight excluding hydrogens is 858 g/mol. The second-order valence-corrected chi connectivity index (χ2v) is 16.4. The van der Waals surface area contributed by atoms with Crippen molar-refractivity contribution in [3.63, 3.8) is 0 Å². The molecule has 3 aromatic rings. The highest BCUT2D eigenvalue weighted by Crippen LogP contribution is 2.28. The van der Waals surface area contributed by atoms with Crippen LogP contribution in [-0.2, 0) is 40.0 Å². The SMILES string of the molecule is CCCC[C@H](NC(C)=O)C(=O)N[C@@H](C)C(=O)NCCCCC1C(=O)Nc2cc(Cl)ccc2C(=O)N1CC(=O)N[C@@H](CCCN=C(N)N)C(=O)N[C@@H](Cc1ccc2ccccc2c1)C(N)=O. The predicted molar refractivity (Wildman–Crippen MR) is 247 cm³/mol. The number of nitrogens with zero attached hydrogens (tertiary/aromatic N) is 2. The van der Waals surface area contributed by atoms with E-state index in [-0.39, 0.29) is 66.9 Å². The zero-order valence-corrected chi connectivity index (χ0v) is 37.7. The molecular formula is C45H60ClN11O8. The molecule has 0 radical (unpaired) electrons. The largest absolute Gasteiger partial charge is 0.370 e. The quantitative estimate of drug-likeness (QED) is 0.0354. The van der Waals surface area contributed by atoms with E-state index in [0.717, 1.165) is 27.7 Å². The number of hydrogen-bond acceptors (Lipinski definition) is 9. The molecule has 0 aromatic heterocycles. The Morgan fingerprint density at radius 1 is 0.800 bits per heavy atom. The van der Waals surface area contributed by atoms with Crippen LogP contribution in [0.15, 0.2) is 65.7 Å². The van der Waals surface area contributed by atoms with E-state index in [0.29, 0.717) is 25.7 Å². The first-order chi connectivity index (χ1) is 31.0. The maximum absolute atomic E-state index is 14.1. The average molecular weight is 918 g/mol. The number of amides is 8. The smallest absolute Gasteiger partial charge is 0.257 e. The summed E-state index contributed by atoms with van der Waals surface area (Å²) in [7, 11) is 0. The maximum Gasteiger partial charge on any atom is 0.257 e. The Kier molecular flexibility index (Phi) is 19.5. The predicted octanol–water partition coefficient (Wildman–Crippen LogP) is 1.49. The molecule has 0 saturated carbocycles. The molecule has 8 amide bonds. The van der Waals surface area contributed by atoms with E-state index < -0.39 is 78.1 Å². The van der Waals surface area contributed by atoms with Crippen LogP contribution in [0.3, 0.4) is 0 Å². The molecule has 3 aromatic carbocycles. The molecule has 5 atom stereocenters. The molecule has 0 fully saturated rings. The first kappa shape index (κ1) is 50.9. The van der Waals surface area contributed by atoms with Gasteiger partial charge in [0.25, 0.3) is 5.91 Å². The van der Waals surface area contributed by atoms with Gasteiger partial charge in [-0.05, 0) is 80.0 Å². The lowest BCUT2D eigenvalue weighted by atomic mass is 10.0. The Labute approximate surface area is 382 Å². The molecule has 19 nitrogen and oxygen atoms in total. The Hall–Kier alpha value is -6.76. The van der Waals surface area contributed by atoms with E-state index in [1.165, 1.54) is 32.0 Å². The summed E-state index contributed by atoms with van der Waals surface area (Å²) < 4.78 is 0. The number of rotatable bonds is 24. The third-order valence-electron chi connectivity index (χ3n) is 10.7. The van der Waals surface area contributed by atoms with Crippen LogP contribution < -0.4 is 49.1 Å². The van der Waals surface area contributed by atoms with Crippen LogP contribution in [0.2, 0.25) is 5.02 Å². The summed E-state index contributed by atoms with van der Waals surface area (Å²) in [5.74, 6) is -5.00. The number of unbranched alkanes of at least 4 members (excludes halogenated alkanes) is 2. The van der Waals surface area contributed by atoms with E-state index in [4.69, 9.17) is 28.8 Å². The van der Waals surface area contributed by atoms with Crippen LogP contribution in [0.1, 0.15) is 88.1 Å². The third-order valence-corrected chi connectivity index (χ3v) is 11.0. The summed E-state index contributed by atoms with van der Waals surface area (Å²) in [6.45, 7) is 4.44. The minimum atomic E-state index is -1.24. The number of fused-ring (bicyclic) bond motifs is 2. The minimum Gasteiger partial charge on any atom is -0.370 e. The van der Waals surface area contributed by atoms with Crippen molar-refractivity contribution in [2.75, 3.05) is 25.0 Å².